The maximum atomic E-state index is 15.5. The van der Waals surface area contributed by atoms with Crippen molar-refractivity contribution in [2.75, 3.05) is 33.0 Å². The molecule has 0 spiro atoms. The number of benzene rings is 2. The number of hydrogen-bond acceptors (Lipinski definition) is 26. The molecule has 0 unspecified atom stereocenters. The third kappa shape index (κ3) is 19.0. The van der Waals surface area contributed by atoms with E-state index in [1.807, 2.05) is 0 Å². The Hall–Kier alpha value is -7.14. The highest BCUT2D eigenvalue weighted by Gasteiger charge is 2.64. The molecule has 0 aromatic heterocycles. The Balaban J connectivity index is 1.76. The molecule has 81 heavy (non-hydrogen) atoms. The summed E-state index contributed by atoms with van der Waals surface area (Å²) in [4.78, 5) is 133. The molecule has 0 bridgehead atoms. The van der Waals surface area contributed by atoms with Gasteiger partial charge in [0.15, 0.2) is 36.8 Å². The van der Waals surface area contributed by atoms with Crippen LogP contribution in [0.1, 0.15) is 91.1 Å². The minimum absolute atomic E-state index is 0.0709. The number of aliphatic hydroxyl groups excluding tert-OH is 1. The number of rotatable bonds is 25. The molecule has 0 radical (unpaired) electrons. The van der Waals surface area contributed by atoms with Crippen LogP contribution >= 0.6 is 0 Å². The first-order valence-corrected chi connectivity index (χ1v) is 25.9. The molecule has 3 fully saturated rings. The van der Waals surface area contributed by atoms with E-state index in [-0.39, 0.29) is 31.8 Å². The summed E-state index contributed by atoms with van der Waals surface area (Å²) in [6.45, 7) is 7.41. The first-order chi connectivity index (χ1) is 38.4. The quantitative estimate of drug-likeness (QED) is 0.105. The number of aliphatic hydroxyl groups is 1. The van der Waals surface area contributed by atoms with E-state index in [4.69, 9.17) is 71.1 Å². The summed E-state index contributed by atoms with van der Waals surface area (Å²) in [5, 5.41) is 14.4. The van der Waals surface area contributed by atoms with E-state index in [2.05, 4.69) is 5.32 Å². The summed E-state index contributed by atoms with van der Waals surface area (Å²) >= 11 is 0. The van der Waals surface area contributed by atoms with Crippen LogP contribution in [-0.4, -0.2) is 189 Å². The fraction of sp³-hybridized carbons (Fsp3) is 0.593. The van der Waals surface area contributed by atoms with Crippen molar-refractivity contribution in [3.05, 3.63) is 71.8 Å². The molecule has 27 nitrogen and oxygen atoms in total. The highest BCUT2D eigenvalue weighted by molar-refractivity contribution is 5.89. The highest BCUT2D eigenvalue weighted by Crippen LogP contribution is 2.42. The molecule has 0 saturated carbocycles. The summed E-state index contributed by atoms with van der Waals surface area (Å²) in [7, 11) is 0. The standard InChI is InChI=1S/C54H69NO26/c1-10-67-50(64)28(2)69-25-40-44(63)38(21-22-68-40)78-52-49(77-35(9)62)48(46(76-34(8)61)42(79-52)27-71-51(65)37-19-15-12-16-20-37)81-54(53(66)72-24-36-17-13-11-14-18-36)23-39(73-31(5)58)43(55-29(3)56)47(80-54)45(75-33(7)60)41(74-32(6)59)26-70-30(4)57/h11-20,28,38-49,52,63H,10,21-27H2,1-9H3,(H,55,56)/t28-,38-,39+,40-,41-,42-,43-,44-,45-,46+,47-,48+,49-,52-,54+/m1/s1. The van der Waals surface area contributed by atoms with Crippen LogP contribution in [0.15, 0.2) is 60.7 Å². The van der Waals surface area contributed by atoms with Gasteiger partial charge in [-0.15, -0.1) is 0 Å². The summed E-state index contributed by atoms with van der Waals surface area (Å²) in [5.41, 5.74) is 0.473. The van der Waals surface area contributed by atoms with E-state index in [1.54, 1.807) is 55.5 Å². The fourth-order valence-electron chi connectivity index (χ4n) is 9.02. The molecule has 0 aliphatic carbocycles. The molecule has 27 heteroatoms. The Morgan fingerprint density at radius 1 is 0.691 bits per heavy atom. The maximum Gasteiger partial charge on any atom is 0.367 e. The van der Waals surface area contributed by atoms with Gasteiger partial charge in [0.2, 0.25) is 5.91 Å². The molecular formula is C54H69NO26. The Morgan fingerprint density at radius 2 is 1.32 bits per heavy atom. The van der Waals surface area contributed by atoms with E-state index in [9.17, 15) is 48.3 Å². The molecule has 2 aromatic carbocycles. The van der Waals surface area contributed by atoms with Gasteiger partial charge >= 0.3 is 53.7 Å². The second kappa shape index (κ2) is 30.6. The van der Waals surface area contributed by atoms with Crippen LogP contribution in [0, 0.1) is 0 Å². The first-order valence-electron chi connectivity index (χ1n) is 25.9. The molecule has 15 atom stereocenters. The number of carbonyl (C=O) groups excluding carboxylic acids is 10. The number of nitrogens with one attached hydrogen (secondary N) is 1. The SMILES string of the molecule is CCOC(=O)[C@@H](C)OC[C@H]1OCC[C@@H](O[C@@H]2O[C@H](COC(=O)c3ccccc3)[C@H](OC(C)=O)[C@H](O[C@]3(C(=O)OCc4ccccc4)C[C@H](OC(C)=O)[C@@H](NC(C)=O)[C@H]([C@H](OC(C)=O)[C@@H](COC(C)=O)OC(C)=O)O3)[C@H]2OC(C)=O)[C@H]1O. The van der Waals surface area contributed by atoms with E-state index < -0.39 is 177 Å². The minimum Gasteiger partial charge on any atom is -0.464 e. The predicted molar refractivity (Wildman–Crippen MR) is 268 cm³/mol. The molecular weight excluding hydrogens is 1080 g/mol. The van der Waals surface area contributed by atoms with Gasteiger partial charge in [0, 0.05) is 55.1 Å². The normalized spacial score (nSPS) is 27.3. The Kier molecular flexibility index (Phi) is 24.4. The third-order valence-corrected chi connectivity index (χ3v) is 12.4. The molecule has 3 aliphatic heterocycles. The van der Waals surface area contributed by atoms with Crippen LogP contribution in [0.25, 0.3) is 0 Å². The summed E-state index contributed by atoms with van der Waals surface area (Å²) in [6.07, 6.45) is -23.7. The van der Waals surface area contributed by atoms with Gasteiger partial charge in [-0.05, 0) is 38.0 Å². The third-order valence-electron chi connectivity index (χ3n) is 12.4. The summed E-state index contributed by atoms with van der Waals surface area (Å²) in [5.74, 6) is -13.1. The van der Waals surface area contributed by atoms with Crippen molar-refractivity contribution in [2.45, 2.75) is 173 Å². The molecule has 2 N–H and O–H groups in total. The predicted octanol–water partition coefficient (Wildman–Crippen LogP) is 1.41. The second-order valence-electron chi connectivity index (χ2n) is 18.8. The Labute approximate surface area is 465 Å². The molecule has 2 aromatic rings. The van der Waals surface area contributed by atoms with E-state index in [0.717, 1.165) is 48.5 Å². The van der Waals surface area contributed by atoms with E-state index in [0.29, 0.717) is 5.56 Å². The molecule has 3 heterocycles. The van der Waals surface area contributed by atoms with Crippen molar-refractivity contribution in [2.24, 2.45) is 0 Å². The highest BCUT2D eigenvalue weighted by atomic mass is 16.8. The molecule has 3 saturated heterocycles. The molecule has 446 valence electrons. The molecule has 5 rings (SSSR count). The molecule has 1 amide bonds. The minimum atomic E-state index is -3.11. The van der Waals surface area contributed by atoms with Crippen LogP contribution in [-0.2, 0) is 121 Å². The maximum absolute atomic E-state index is 15.5. The van der Waals surface area contributed by atoms with Crippen LogP contribution in [0.4, 0.5) is 0 Å². The van der Waals surface area contributed by atoms with Crippen molar-refractivity contribution >= 4 is 59.6 Å². The lowest BCUT2D eigenvalue weighted by Gasteiger charge is -2.52. The number of ether oxygens (including phenoxy) is 15. The number of carbonyl (C=O) groups is 10. The number of amides is 1. The smallest absolute Gasteiger partial charge is 0.367 e. The van der Waals surface area contributed by atoms with Gasteiger partial charge in [0.1, 0.15) is 56.4 Å². The molecule has 3 aliphatic rings. The largest absolute Gasteiger partial charge is 0.464 e. The van der Waals surface area contributed by atoms with Gasteiger partial charge < -0.3 is 81.5 Å². The van der Waals surface area contributed by atoms with Crippen molar-refractivity contribution in [3.8, 4) is 0 Å². The monoisotopic (exact) mass is 1150 g/mol. The van der Waals surface area contributed by atoms with Crippen molar-refractivity contribution in [3.63, 3.8) is 0 Å². The van der Waals surface area contributed by atoms with Gasteiger partial charge in [0.25, 0.3) is 5.79 Å². The first kappa shape index (κ1) is 64.7. The van der Waals surface area contributed by atoms with Crippen LogP contribution in [0.5, 0.6) is 0 Å². The van der Waals surface area contributed by atoms with E-state index in [1.165, 1.54) is 19.1 Å². The lowest BCUT2D eigenvalue weighted by molar-refractivity contribution is -0.378. The van der Waals surface area contributed by atoms with Crippen molar-refractivity contribution in [1.82, 2.24) is 5.32 Å². The number of hydrogen-bond donors (Lipinski definition) is 2. The average molecular weight is 1150 g/mol. The number of esters is 9. The zero-order valence-electron chi connectivity index (χ0n) is 46.2. The zero-order chi connectivity index (χ0) is 59.6. The Bertz CT molecular complexity index is 2490. The van der Waals surface area contributed by atoms with Crippen molar-refractivity contribution < 1.29 is 124 Å². The summed E-state index contributed by atoms with van der Waals surface area (Å²) < 4.78 is 88.7. The zero-order valence-corrected chi connectivity index (χ0v) is 46.2. The van der Waals surface area contributed by atoms with Gasteiger partial charge in [-0.25, -0.2) is 14.4 Å². The topological polar surface area (TPSA) is 341 Å². The van der Waals surface area contributed by atoms with Crippen molar-refractivity contribution in [1.29, 1.82) is 0 Å². The van der Waals surface area contributed by atoms with Crippen LogP contribution < -0.4 is 5.32 Å². The lowest BCUT2D eigenvalue weighted by atomic mass is 9.87. The average Bonchev–Trinajstić information content (AvgIpc) is 3.33. The summed E-state index contributed by atoms with van der Waals surface area (Å²) in [6, 6.07) is 14.1. The fourth-order valence-corrected chi connectivity index (χ4v) is 9.02. The van der Waals surface area contributed by atoms with E-state index >= 15 is 4.79 Å². The van der Waals surface area contributed by atoms with Gasteiger partial charge in [-0.1, -0.05) is 48.5 Å². The van der Waals surface area contributed by atoms with Gasteiger partial charge in [0.05, 0.1) is 37.3 Å². The Morgan fingerprint density at radius 3 is 1.91 bits per heavy atom. The van der Waals surface area contributed by atoms with Gasteiger partial charge in [-0.2, -0.15) is 0 Å². The van der Waals surface area contributed by atoms with Gasteiger partial charge in [-0.3, -0.25) is 33.6 Å². The van der Waals surface area contributed by atoms with Crippen LogP contribution in [0.2, 0.25) is 0 Å². The second-order valence-corrected chi connectivity index (χ2v) is 18.8. The lowest BCUT2D eigenvalue weighted by Crippen LogP contribution is -2.72. The van der Waals surface area contributed by atoms with Crippen LogP contribution in [0.3, 0.4) is 0 Å².